The van der Waals surface area contributed by atoms with Crippen LogP contribution in [-0.2, 0) is 21.9 Å². The van der Waals surface area contributed by atoms with Crippen LogP contribution in [0.1, 0.15) is 50.2 Å². The Hall–Kier alpha value is -1.40. The van der Waals surface area contributed by atoms with E-state index in [-0.39, 0.29) is 23.6 Å². The van der Waals surface area contributed by atoms with Gasteiger partial charge < -0.3 is 10.2 Å². The van der Waals surface area contributed by atoms with Gasteiger partial charge in [-0.1, -0.05) is 72.8 Å². The quantitative estimate of drug-likeness (QED) is 0.372. The molecule has 1 fully saturated rings. The van der Waals surface area contributed by atoms with E-state index in [4.69, 9.17) is 34.8 Å². The summed E-state index contributed by atoms with van der Waals surface area (Å²) in [5.74, 6) is 0.687. The van der Waals surface area contributed by atoms with Crippen molar-refractivity contribution < 1.29 is 9.59 Å². The van der Waals surface area contributed by atoms with E-state index < -0.39 is 6.04 Å². The number of halogens is 3. The molecule has 4 nitrogen and oxygen atoms in total. The van der Waals surface area contributed by atoms with E-state index in [1.54, 1.807) is 29.2 Å². The molecule has 1 saturated carbocycles. The average Bonchev–Trinajstić information content (AvgIpc) is 3.29. The molecule has 0 saturated heterocycles. The standard InChI is InChI=1S/C25H29Cl3N2O2S/c1-2-23(25(32)29-21-5-3-4-6-21)30(14-17-7-10-19(26)11-8-17)24(31)16-33-15-18-9-12-20(27)13-22(18)28/h7-13,21,23H,2-6,14-16H2,1H3,(H,29,32)/t23-/m1/s1. The predicted octanol–water partition coefficient (Wildman–Crippen LogP) is 6.75. The van der Waals surface area contributed by atoms with Crippen molar-refractivity contribution in [1.82, 2.24) is 10.2 Å². The zero-order valence-electron chi connectivity index (χ0n) is 18.7. The molecule has 0 radical (unpaired) electrons. The fourth-order valence-corrected chi connectivity index (χ4v) is 5.64. The zero-order chi connectivity index (χ0) is 23.8. The number of carbonyl (C=O) groups is 2. The summed E-state index contributed by atoms with van der Waals surface area (Å²) in [6.45, 7) is 2.30. The number of nitrogens with one attached hydrogen (secondary N) is 1. The maximum Gasteiger partial charge on any atom is 0.243 e. The Balaban J connectivity index is 1.70. The molecule has 0 aromatic heterocycles. The summed E-state index contributed by atoms with van der Waals surface area (Å²) in [7, 11) is 0. The average molecular weight is 528 g/mol. The van der Waals surface area contributed by atoms with E-state index in [2.05, 4.69) is 5.32 Å². The molecule has 2 aromatic carbocycles. The number of hydrogen-bond acceptors (Lipinski definition) is 3. The maximum atomic E-state index is 13.3. The Morgan fingerprint density at radius 2 is 1.73 bits per heavy atom. The van der Waals surface area contributed by atoms with Crippen molar-refractivity contribution >= 4 is 58.4 Å². The lowest BCUT2D eigenvalue weighted by Gasteiger charge is -2.31. The molecular weight excluding hydrogens is 499 g/mol. The van der Waals surface area contributed by atoms with Crippen LogP contribution >= 0.6 is 46.6 Å². The number of carbonyl (C=O) groups excluding carboxylic acids is 2. The van der Waals surface area contributed by atoms with Gasteiger partial charge in [-0.2, -0.15) is 0 Å². The van der Waals surface area contributed by atoms with Crippen LogP contribution in [0.25, 0.3) is 0 Å². The van der Waals surface area contributed by atoms with Crippen molar-refractivity contribution in [1.29, 1.82) is 0 Å². The van der Waals surface area contributed by atoms with E-state index in [0.29, 0.717) is 33.8 Å². The van der Waals surface area contributed by atoms with Gasteiger partial charge >= 0.3 is 0 Å². The Bertz CT molecular complexity index is 949. The zero-order valence-corrected chi connectivity index (χ0v) is 21.7. The van der Waals surface area contributed by atoms with Gasteiger partial charge in [0.05, 0.1) is 5.75 Å². The molecule has 1 aliphatic rings. The molecule has 33 heavy (non-hydrogen) atoms. The molecule has 0 unspecified atom stereocenters. The lowest BCUT2D eigenvalue weighted by molar-refractivity contribution is -0.139. The second-order valence-electron chi connectivity index (χ2n) is 8.29. The van der Waals surface area contributed by atoms with Crippen LogP contribution in [0, 0.1) is 0 Å². The Morgan fingerprint density at radius 3 is 2.36 bits per heavy atom. The minimum atomic E-state index is -0.520. The smallest absolute Gasteiger partial charge is 0.243 e. The lowest BCUT2D eigenvalue weighted by atomic mass is 10.1. The number of nitrogens with zero attached hydrogens (tertiary/aromatic N) is 1. The fraction of sp³-hybridized carbons (Fsp3) is 0.440. The molecule has 3 rings (SSSR count). The van der Waals surface area contributed by atoms with Crippen LogP contribution in [0.3, 0.4) is 0 Å². The van der Waals surface area contributed by atoms with Crippen molar-refractivity contribution in [3.8, 4) is 0 Å². The topological polar surface area (TPSA) is 49.4 Å². The number of thioether (sulfide) groups is 1. The van der Waals surface area contributed by atoms with Gasteiger partial charge in [0.15, 0.2) is 0 Å². The van der Waals surface area contributed by atoms with Crippen LogP contribution in [0.15, 0.2) is 42.5 Å². The highest BCUT2D eigenvalue weighted by Crippen LogP contribution is 2.26. The summed E-state index contributed by atoms with van der Waals surface area (Å²) >= 11 is 19.7. The van der Waals surface area contributed by atoms with Crippen molar-refractivity contribution in [2.45, 2.75) is 63.4 Å². The second-order valence-corrected chi connectivity index (χ2v) is 10.6. The predicted molar refractivity (Wildman–Crippen MR) is 139 cm³/mol. The molecular formula is C25H29Cl3N2O2S. The molecule has 178 valence electrons. The lowest BCUT2D eigenvalue weighted by Crippen LogP contribution is -2.51. The first kappa shape index (κ1) is 26.2. The second kappa shape index (κ2) is 12.9. The molecule has 0 bridgehead atoms. The van der Waals surface area contributed by atoms with Crippen LogP contribution in [0.4, 0.5) is 0 Å². The molecule has 0 spiro atoms. The van der Waals surface area contributed by atoms with Crippen molar-refractivity contribution in [3.05, 3.63) is 68.7 Å². The molecule has 1 aliphatic carbocycles. The summed E-state index contributed by atoms with van der Waals surface area (Å²) in [4.78, 5) is 28.2. The van der Waals surface area contributed by atoms with Gasteiger partial charge in [0.25, 0.3) is 0 Å². The molecule has 8 heteroatoms. The van der Waals surface area contributed by atoms with Gasteiger partial charge in [-0.3, -0.25) is 9.59 Å². The van der Waals surface area contributed by atoms with Gasteiger partial charge in [0.2, 0.25) is 11.8 Å². The highest BCUT2D eigenvalue weighted by Gasteiger charge is 2.30. The SMILES string of the molecule is CC[C@H](C(=O)NC1CCCC1)N(Cc1ccc(Cl)cc1)C(=O)CSCc1ccc(Cl)cc1Cl. The largest absolute Gasteiger partial charge is 0.352 e. The first-order valence-corrected chi connectivity index (χ1v) is 13.5. The van der Waals surface area contributed by atoms with Crippen molar-refractivity contribution in [2.75, 3.05) is 5.75 Å². The van der Waals surface area contributed by atoms with Gasteiger partial charge in [0, 0.05) is 33.4 Å². The molecule has 1 atom stereocenters. The number of rotatable bonds is 10. The van der Waals surface area contributed by atoms with E-state index >= 15 is 0 Å². The molecule has 0 aliphatic heterocycles. The number of benzene rings is 2. The Kier molecular flexibility index (Phi) is 10.2. The van der Waals surface area contributed by atoms with Crippen molar-refractivity contribution in [2.24, 2.45) is 0 Å². The van der Waals surface area contributed by atoms with Crippen LogP contribution in [0.5, 0.6) is 0 Å². The van der Waals surface area contributed by atoms with Crippen LogP contribution in [-0.4, -0.2) is 34.6 Å². The number of amides is 2. The van der Waals surface area contributed by atoms with E-state index in [0.717, 1.165) is 36.8 Å². The van der Waals surface area contributed by atoms with E-state index in [1.807, 2.05) is 25.1 Å². The van der Waals surface area contributed by atoms with E-state index in [9.17, 15) is 9.59 Å². The minimum Gasteiger partial charge on any atom is -0.352 e. The molecule has 0 heterocycles. The fourth-order valence-electron chi connectivity index (χ4n) is 4.04. The third-order valence-electron chi connectivity index (χ3n) is 5.85. The van der Waals surface area contributed by atoms with Crippen LogP contribution < -0.4 is 5.32 Å². The maximum absolute atomic E-state index is 13.3. The Labute approximate surface area is 215 Å². The van der Waals surface area contributed by atoms with Crippen molar-refractivity contribution in [3.63, 3.8) is 0 Å². The third-order valence-corrected chi connectivity index (χ3v) is 7.66. The van der Waals surface area contributed by atoms with Gasteiger partial charge in [-0.05, 0) is 54.7 Å². The van der Waals surface area contributed by atoms with Gasteiger partial charge in [-0.25, -0.2) is 0 Å². The summed E-state index contributed by atoms with van der Waals surface area (Å²) in [5.41, 5.74) is 1.86. The molecule has 2 aromatic rings. The van der Waals surface area contributed by atoms with E-state index in [1.165, 1.54) is 11.8 Å². The summed E-state index contributed by atoms with van der Waals surface area (Å²) < 4.78 is 0. The first-order chi connectivity index (χ1) is 15.9. The monoisotopic (exact) mass is 526 g/mol. The molecule has 1 N–H and O–H groups in total. The Morgan fingerprint density at radius 1 is 1.06 bits per heavy atom. The number of hydrogen-bond donors (Lipinski definition) is 1. The highest BCUT2D eigenvalue weighted by molar-refractivity contribution is 7.99. The molecule has 2 amide bonds. The highest BCUT2D eigenvalue weighted by atomic mass is 35.5. The van der Waals surface area contributed by atoms with Gasteiger partial charge in [0.1, 0.15) is 6.04 Å². The summed E-state index contributed by atoms with van der Waals surface area (Å²) in [6, 6.07) is 12.4. The van der Waals surface area contributed by atoms with Gasteiger partial charge in [-0.15, -0.1) is 11.8 Å². The third kappa shape index (κ3) is 7.81. The summed E-state index contributed by atoms with van der Waals surface area (Å²) in [5, 5.41) is 4.97. The first-order valence-electron chi connectivity index (χ1n) is 11.2. The normalized spacial score (nSPS) is 14.8. The summed E-state index contributed by atoms with van der Waals surface area (Å²) in [6.07, 6.45) is 4.83. The minimum absolute atomic E-state index is 0.0718. The van der Waals surface area contributed by atoms with Crippen LogP contribution in [0.2, 0.25) is 15.1 Å².